The summed E-state index contributed by atoms with van der Waals surface area (Å²) in [7, 11) is 0. The Morgan fingerprint density at radius 2 is 2.00 bits per heavy atom. The quantitative estimate of drug-likeness (QED) is 0.840. The number of carbonyl (C=O) groups excluding carboxylic acids is 3. The summed E-state index contributed by atoms with van der Waals surface area (Å²) in [6.07, 6.45) is 7.12. The van der Waals surface area contributed by atoms with Gasteiger partial charge in [0.2, 0.25) is 5.91 Å². The van der Waals surface area contributed by atoms with Gasteiger partial charge in [0, 0.05) is 18.9 Å². The van der Waals surface area contributed by atoms with Crippen molar-refractivity contribution in [3.05, 3.63) is 30.1 Å². The van der Waals surface area contributed by atoms with Crippen LogP contribution in [0, 0.1) is 5.92 Å². The number of hydrogen-bond donors (Lipinski definition) is 1. The molecular formula is C18H22N4O3. The molecule has 25 heavy (non-hydrogen) atoms. The fourth-order valence-corrected chi connectivity index (χ4v) is 4.02. The summed E-state index contributed by atoms with van der Waals surface area (Å²) in [4.78, 5) is 44.6. The third-order valence-electron chi connectivity index (χ3n) is 5.65. The summed E-state index contributed by atoms with van der Waals surface area (Å²) < 4.78 is 0. The molecule has 7 nitrogen and oxygen atoms in total. The van der Waals surface area contributed by atoms with Crippen LogP contribution in [0.15, 0.2) is 24.5 Å². The number of hydrogen-bond acceptors (Lipinski definition) is 4. The SMILES string of the molecule is C[C@]1(C2CC2)NC(=O)N(CC(=O)N2CCC[C@@H]2c2ccncc2)C1=O. The number of likely N-dealkylation sites (tertiary alicyclic amines) is 1. The van der Waals surface area contributed by atoms with Crippen molar-refractivity contribution in [3.63, 3.8) is 0 Å². The normalized spacial score (nSPS) is 29.2. The molecule has 0 aromatic carbocycles. The van der Waals surface area contributed by atoms with E-state index in [1.165, 1.54) is 0 Å². The van der Waals surface area contributed by atoms with E-state index in [-0.39, 0.29) is 30.3 Å². The number of amides is 4. The lowest BCUT2D eigenvalue weighted by atomic mass is 9.96. The minimum atomic E-state index is -0.840. The molecule has 2 atom stereocenters. The van der Waals surface area contributed by atoms with E-state index in [9.17, 15) is 14.4 Å². The average Bonchev–Trinajstić information content (AvgIpc) is 3.32. The lowest BCUT2D eigenvalue weighted by Gasteiger charge is -2.27. The predicted octanol–water partition coefficient (Wildman–Crippen LogP) is 1.47. The summed E-state index contributed by atoms with van der Waals surface area (Å²) in [5.74, 6) is -0.253. The fraction of sp³-hybridized carbons (Fsp3) is 0.556. The fourth-order valence-electron chi connectivity index (χ4n) is 4.02. The molecule has 0 spiro atoms. The number of aromatic nitrogens is 1. The van der Waals surface area contributed by atoms with E-state index in [1.807, 2.05) is 12.1 Å². The Morgan fingerprint density at radius 1 is 1.28 bits per heavy atom. The molecule has 1 aromatic rings. The number of urea groups is 1. The number of nitrogens with one attached hydrogen (secondary N) is 1. The van der Waals surface area contributed by atoms with Gasteiger partial charge in [0.15, 0.2) is 0 Å². The lowest BCUT2D eigenvalue weighted by Crippen LogP contribution is -2.47. The Labute approximate surface area is 146 Å². The van der Waals surface area contributed by atoms with E-state index in [0.29, 0.717) is 6.54 Å². The second-order valence-corrected chi connectivity index (χ2v) is 7.32. The van der Waals surface area contributed by atoms with Gasteiger partial charge in [-0.2, -0.15) is 0 Å². The smallest absolute Gasteiger partial charge is 0.325 e. The van der Waals surface area contributed by atoms with Crippen LogP contribution in [0.4, 0.5) is 4.79 Å². The molecule has 1 aliphatic carbocycles. The Bertz CT molecular complexity index is 718. The molecule has 1 aromatic heterocycles. The minimum Gasteiger partial charge on any atom is -0.334 e. The van der Waals surface area contributed by atoms with Crippen LogP contribution >= 0.6 is 0 Å². The molecule has 3 heterocycles. The van der Waals surface area contributed by atoms with Crippen molar-refractivity contribution in [2.45, 2.75) is 44.2 Å². The Kier molecular flexibility index (Phi) is 3.74. The maximum Gasteiger partial charge on any atom is 0.325 e. The minimum absolute atomic E-state index is 0.00826. The van der Waals surface area contributed by atoms with Crippen molar-refractivity contribution < 1.29 is 14.4 Å². The zero-order valence-corrected chi connectivity index (χ0v) is 14.3. The standard InChI is InChI=1S/C18H22N4O3/c1-18(13-4-5-13)16(24)22(17(25)20-18)11-15(23)21-10-2-3-14(21)12-6-8-19-9-7-12/h6-9,13-14H,2-5,10-11H2,1H3,(H,20,25)/t14-,18-/m1/s1. The van der Waals surface area contributed by atoms with Crippen LogP contribution in [0.25, 0.3) is 0 Å². The van der Waals surface area contributed by atoms with Crippen LogP contribution < -0.4 is 5.32 Å². The molecule has 4 amide bonds. The largest absolute Gasteiger partial charge is 0.334 e. The van der Waals surface area contributed by atoms with Gasteiger partial charge in [-0.15, -0.1) is 0 Å². The molecule has 0 bridgehead atoms. The van der Waals surface area contributed by atoms with Crippen molar-refractivity contribution >= 4 is 17.8 Å². The molecule has 1 saturated carbocycles. The first kappa shape index (κ1) is 16.1. The van der Waals surface area contributed by atoms with E-state index in [0.717, 1.165) is 36.1 Å². The zero-order valence-electron chi connectivity index (χ0n) is 14.3. The topological polar surface area (TPSA) is 82.6 Å². The molecule has 1 N–H and O–H groups in total. The molecule has 2 aliphatic heterocycles. The number of pyridine rings is 1. The summed E-state index contributed by atoms with van der Waals surface area (Å²) in [6, 6.07) is 3.36. The summed E-state index contributed by atoms with van der Waals surface area (Å²) in [5.41, 5.74) is 0.202. The molecule has 3 fully saturated rings. The highest BCUT2D eigenvalue weighted by Crippen LogP contribution is 2.42. The van der Waals surface area contributed by atoms with Crippen LogP contribution in [0.1, 0.15) is 44.2 Å². The predicted molar refractivity (Wildman–Crippen MR) is 89.3 cm³/mol. The van der Waals surface area contributed by atoms with E-state index in [2.05, 4.69) is 10.3 Å². The molecule has 0 radical (unpaired) electrons. The van der Waals surface area contributed by atoms with Crippen LogP contribution in [-0.4, -0.2) is 51.3 Å². The van der Waals surface area contributed by atoms with E-state index in [4.69, 9.17) is 0 Å². The Morgan fingerprint density at radius 3 is 2.68 bits per heavy atom. The van der Waals surface area contributed by atoms with Gasteiger partial charge in [0.1, 0.15) is 12.1 Å². The van der Waals surface area contributed by atoms with Crippen molar-refractivity contribution in [1.29, 1.82) is 0 Å². The molecule has 132 valence electrons. The Hall–Kier alpha value is -2.44. The van der Waals surface area contributed by atoms with Gasteiger partial charge in [-0.25, -0.2) is 4.79 Å². The summed E-state index contributed by atoms with van der Waals surface area (Å²) in [5, 5.41) is 2.79. The highest BCUT2D eigenvalue weighted by Gasteiger charge is 2.56. The van der Waals surface area contributed by atoms with Gasteiger partial charge >= 0.3 is 6.03 Å². The summed E-state index contributed by atoms with van der Waals surface area (Å²) >= 11 is 0. The monoisotopic (exact) mass is 342 g/mol. The second kappa shape index (κ2) is 5.82. The number of carbonyl (C=O) groups is 3. The van der Waals surface area contributed by atoms with E-state index < -0.39 is 11.6 Å². The van der Waals surface area contributed by atoms with Crippen LogP contribution in [0.2, 0.25) is 0 Å². The van der Waals surface area contributed by atoms with Gasteiger partial charge in [-0.3, -0.25) is 19.5 Å². The van der Waals surface area contributed by atoms with Crippen molar-refractivity contribution in [1.82, 2.24) is 20.1 Å². The molecule has 0 unspecified atom stereocenters. The van der Waals surface area contributed by atoms with E-state index >= 15 is 0 Å². The molecule has 2 saturated heterocycles. The first-order valence-electron chi connectivity index (χ1n) is 8.84. The zero-order chi connectivity index (χ0) is 17.6. The van der Waals surface area contributed by atoms with Gasteiger partial charge in [0.25, 0.3) is 5.91 Å². The first-order valence-corrected chi connectivity index (χ1v) is 8.84. The van der Waals surface area contributed by atoms with Gasteiger partial charge in [-0.05, 0) is 56.2 Å². The van der Waals surface area contributed by atoms with E-state index in [1.54, 1.807) is 24.2 Å². The molecule has 3 aliphatic rings. The van der Waals surface area contributed by atoms with Crippen LogP contribution in [0.5, 0.6) is 0 Å². The maximum atomic E-state index is 12.8. The van der Waals surface area contributed by atoms with Gasteiger partial charge < -0.3 is 10.2 Å². The second-order valence-electron chi connectivity index (χ2n) is 7.32. The molecule has 4 rings (SSSR count). The van der Waals surface area contributed by atoms with Crippen LogP contribution in [0.3, 0.4) is 0 Å². The third-order valence-corrected chi connectivity index (χ3v) is 5.65. The summed E-state index contributed by atoms with van der Waals surface area (Å²) in [6.45, 7) is 2.23. The van der Waals surface area contributed by atoms with Crippen molar-refractivity contribution in [2.75, 3.05) is 13.1 Å². The van der Waals surface area contributed by atoms with Crippen LogP contribution in [-0.2, 0) is 9.59 Å². The highest BCUT2D eigenvalue weighted by atomic mass is 16.2. The third kappa shape index (κ3) is 2.67. The lowest BCUT2D eigenvalue weighted by molar-refractivity contribution is -0.139. The van der Waals surface area contributed by atoms with Gasteiger partial charge in [-0.1, -0.05) is 0 Å². The Balaban J connectivity index is 1.48. The highest BCUT2D eigenvalue weighted by molar-refractivity contribution is 6.09. The van der Waals surface area contributed by atoms with Crippen molar-refractivity contribution in [2.24, 2.45) is 5.92 Å². The molecule has 7 heteroatoms. The first-order chi connectivity index (χ1) is 12.0. The number of rotatable bonds is 4. The number of imide groups is 1. The van der Waals surface area contributed by atoms with Crippen molar-refractivity contribution in [3.8, 4) is 0 Å². The maximum absolute atomic E-state index is 12.8. The number of nitrogens with zero attached hydrogens (tertiary/aromatic N) is 3. The molecular weight excluding hydrogens is 320 g/mol. The van der Waals surface area contributed by atoms with Gasteiger partial charge in [0.05, 0.1) is 6.04 Å². The average molecular weight is 342 g/mol.